The molecule has 0 fully saturated rings. The van der Waals surface area contributed by atoms with Gasteiger partial charge in [-0.05, 0) is 89.9 Å². The zero-order chi connectivity index (χ0) is 47.2. The average Bonchev–Trinajstić information content (AvgIpc) is 3.30. The lowest BCUT2D eigenvalue weighted by Crippen LogP contribution is -2.30. The lowest BCUT2D eigenvalue weighted by molar-refractivity contribution is -0.167. The molecule has 6 nitrogen and oxygen atoms in total. The van der Waals surface area contributed by atoms with Crippen LogP contribution in [0.25, 0.3) is 0 Å². The Kier molecular flexibility index (Phi) is 50.4. The molecule has 0 radical (unpaired) electrons. The van der Waals surface area contributed by atoms with Crippen molar-refractivity contribution in [2.75, 3.05) is 13.2 Å². The van der Waals surface area contributed by atoms with Gasteiger partial charge in [-0.25, -0.2) is 0 Å². The van der Waals surface area contributed by atoms with Gasteiger partial charge in [0.05, 0.1) is 0 Å². The molecule has 0 aliphatic carbocycles. The molecule has 0 saturated heterocycles. The van der Waals surface area contributed by atoms with Crippen LogP contribution in [-0.2, 0) is 28.6 Å². The average molecular weight is 905 g/mol. The summed E-state index contributed by atoms with van der Waals surface area (Å²) in [6, 6.07) is 0. The number of ether oxygens (including phenoxy) is 3. The fourth-order valence-electron chi connectivity index (χ4n) is 7.38. The molecule has 0 aromatic heterocycles. The molecule has 372 valence electrons. The Morgan fingerprint density at radius 3 is 1.03 bits per heavy atom. The third-order valence-electron chi connectivity index (χ3n) is 11.5. The number of esters is 3. The van der Waals surface area contributed by atoms with Gasteiger partial charge in [-0.15, -0.1) is 0 Å². The first-order valence-electron chi connectivity index (χ1n) is 27.2. The van der Waals surface area contributed by atoms with Crippen LogP contribution in [0.15, 0.2) is 85.1 Å². The van der Waals surface area contributed by atoms with Gasteiger partial charge in [-0.3, -0.25) is 14.4 Å². The van der Waals surface area contributed by atoms with Gasteiger partial charge in [0, 0.05) is 19.3 Å². The van der Waals surface area contributed by atoms with Gasteiger partial charge >= 0.3 is 17.9 Å². The minimum atomic E-state index is -0.796. The van der Waals surface area contributed by atoms with Crippen molar-refractivity contribution < 1.29 is 28.6 Å². The Balaban J connectivity index is 4.44. The first-order valence-corrected chi connectivity index (χ1v) is 27.2. The van der Waals surface area contributed by atoms with Gasteiger partial charge in [0.1, 0.15) is 13.2 Å². The molecule has 1 unspecified atom stereocenters. The normalized spacial score (nSPS) is 12.7. The zero-order valence-electron chi connectivity index (χ0n) is 42.5. The standard InChI is InChI=1S/C59H100O6/c1-4-7-10-13-16-19-22-25-28-29-32-34-37-40-43-46-49-52-58(61)64-55-56(65-59(62)53-50-47-44-41-38-35-31-27-24-21-18-15-12-9-6-3)54-63-57(60)51-48-45-42-39-36-33-30-26-23-20-17-14-11-8-5-2/h9,12,15,17-18,20-21,23-28,31,56H,4-8,10-11,13-14,16,19,22,29-30,32-55H2,1-3H3/b12-9-,18-15-,20-17-,24-21-,26-23-,28-25-,31-27-. The summed E-state index contributed by atoms with van der Waals surface area (Å²) in [7, 11) is 0. The van der Waals surface area contributed by atoms with Crippen molar-refractivity contribution in [2.45, 2.75) is 258 Å². The van der Waals surface area contributed by atoms with Crippen LogP contribution in [-0.4, -0.2) is 37.2 Å². The number of hydrogen-bond acceptors (Lipinski definition) is 6. The van der Waals surface area contributed by atoms with Gasteiger partial charge in [-0.2, -0.15) is 0 Å². The molecule has 1 atom stereocenters. The number of hydrogen-bond donors (Lipinski definition) is 0. The van der Waals surface area contributed by atoms with E-state index in [0.29, 0.717) is 19.3 Å². The van der Waals surface area contributed by atoms with Crippen LogP contribution in [0.3, 0.4) is 0 Å². The molecular formula is C59H100O6. The molecule has 0 heterocycles. The van der Waals surface area contributed by atoms with E-state index < -0.39 is 6.10 Å². The molecule has 0 aliphatic rings. The molecule has 0 amide bonds. The van der Waals surface area contributed by atoms with Crippen LogP contribution in [0.5, 0.6) is 0 Å². The van der Waals surface area contributed by atoms with Crippen molar-refractivity contribution >= 4 is 17.9 Å². The number of unbranched alkanes of at least 4 members (excludes halogenated alkanes) is 27. The van der Waals surface area contributed by atoms with Crippen molar-refractivity contribution in [2.24, 2.45) is 0 Å². The molecule has 0 saturated carbocycles. The van der Waals surface area contributed by atoms with Crippen LogP contribution in [0.4, 0.5) is 0 Å². The number of allylic oxidation sites excluding steroid dienone is 14. The Hall–Kier alpha value is -3.41. The SMILES string of the molecule is CC\C=C/C=C\C=C/C=C\CCCCCCCC(=O)OC(COC(=O)CCCCCCCC/C=C\C=C/CCCCC)COC(=O)CCCCCCCCC/C=C\CCCCCCCC. The third kappa shape index (κ3) is 51.4. The molecule has 0 aliphatic heterocycles. The van der Waals surface area contributed by atoms with Crippen molar-refractivity contribution in [3.63, 3.8) is 0 Å². The Labute approximate surface area is 401 Å². The highest BCUT2D eigenvalue weighted by atomic mass is 16.6. The van der Waals surface area contributed by atoms with Gasteiger partial charge in [0.25, 0.3) is 0 Å². The van der Waals surface area contributed by atoms with Crippen LogP contribution in [0.1, 0.15) is 252 Å². The second-order valence-corrected chi connectivity index (χ2v) is 17.9. The van der Waals surface area contributed by atoms with Gasteiger partial charge in [0.2, 0.25) is 0 Å². The maximum absolute atomic E-state index is 12.8. The maximum atomic E-state index is 12.8. The Morgan fingerprint density at radius 2 is 0.615 bits per heavy atom. The lowest BCUT2D eigenvalue weighted by Gasteiger charge is -2.18. The molecular weight excluding hydrogens is 805 g/mol. The first kappa shape index (κ1) is 61.6. The van der Waals surface area contributed by atoms with Gasteiger partial charge < -0.3 is 14.2 Å². The number of carbonyl (C=O) groups excluding carboxylic acids is 3. The summed E-state index contributed by atoms with van der Waals surface area (Å²) >= 11 is 0. The fraction of sp³-hybridized carbons (Fsp3) is 0.712. The molecule has 0 N–H and O–H groups in total. The predicted octanol–water partition coefficient (Wildman–Crippen LogP) is 18.0. The molecule has 6 heteroatoms. The summed E-state index contributed by atoms with van der Waals surface area (Å²) in [6.45, 7) is 6.44. The summed E-state index contributed by atoms with van der Waals surface area (Å²) < 4.78 is 16.8. The molecule has 65 heavy (non-hydrogen) atoms. The fourth-order valence-corrected chi connectivity index (χ4v) is 7.38. The van der Waals surface area contributed by atoms with Crippen LogP contribution < -0.4 is 0 Å². The minimum Gasteiger partial charge on any atom is -0.462 e. The van der Waals surface area contributed by atoms with Gasteiger partial charge in [-0.1, -0.05) is 228 Å². The van der Waals surface area contributed by atoms with E-state index in [1.807, 2.05) is 18.2 Å². The van der Waals surface area contributed by atoms with E-state index >= 15 is 0 Å². The maximum Gasteiger partial charge on any atom is 0.306 e. The highest BCUT2D eigenvalue weighted by Crippen LogP contribution is 2.14. The summed E-state index contributed by atoms with van der Waals surface area (Å²) in [6.07, 6.45) is 68.5. The monoisotopic (exact) mass is 905 g/mol. The van der Waals surface area contributed by atoms with Crippen molar-refractivity contribution in [3.8, 4) is 0 Å². The molecule has 0 aromatic rings. The number of carbonyl (C=O) groups is 3. The van der Waals surface area contributed by atoms with E-state index in [1.54, 1.807) is 0 Å². The smallest absolute Gasteiger partial charge is 0.306 e. The van der Waals surface area contributed by atoms with Crippen molar-refractivity contribution in [3.05, 3.63) is 85.1 Å². The van der Waals surface area contributed by atoms with E-state index in [2.05, 4.69) is 87.6 Å². The van der Waals surface area contributed by atoms with E-state index in [9.17, 15) is 14.4 Å². The first-order chi connectivity index (χ1) is 32.0. The molecule has 0 spiro atoms. The topological polar surface area (TPSA) is 78.9 Å². The second-order valence-electron chi connectivity index (χ2n) is 17.9. The van der Waals surface area contributed by atoms with Crippen LogP contribution >= 0.6 is 0 Å². The highest BCUT2D eigenvalue weighted by molar-refractivity contribution is 5.71. The summed E-state index contributed by atoms with van der Waals surface area (Å²) in [5.41, 5.74) is 0. The van der Waals surface area contributed by atoms with Crippen molar-refractivity contribution in [1.82, 2.24) is 0 Å². The molecule has 0 aromatic carbocycles. The van der Waals surface area contributed by atoms with E-state index in [-0.39, 0.29) is 31.1 Å². The lowest BCUT2D eigenvalue weighted by atomic mass is 10.1. The van der Waals surface area contributed by atoms with Crippen LogP contribution in [0.2, 0.25) is 0 Å². The van der Waals surface area contributed by atoms with Crippen molar-refractivity contribution in [1.29, 1.82) is 0 Å². The Bertz CT molecular complexity index is 1270. The molecule has 0 rings (SSSR count). The van der Waals surface area contributed by atoms with E-state index in [1.165, 1.54) is 122 Å². The molecule has 0 bridgehead atoms. The summed E-state index contributed by atoms with van der Waals surface area (Å²) in [5, 5.41) is 0. The third-order valence-corrected chi connectivity index (χ3v) is 11.5. The minimum absolute atomic E-state index is 0.0927. The predicted molar refractivity (Wildman–Crippen MR) is 279 cm³/mol. The summed E-state index contributed by atoms with van der Waals surface area (Å²) in [4.78, 5) is 38.1. The van der Waals surface area contributed by atoms with E-state index in [4.69, 9.17) is 14.2 Å². The second kappa shape index (κ2) is 53.2. The largest absolute Gasteiger partial charge is 0.462 e. The van der Waals surface area contributed by atoms with E-state index in [0.717, 1.165) is 89.9 Å². The quantitative estimate of drug-likeness (QED) is 0.0199. The zero-order valence-corrected chi connectivity index (χ0v) is 42.5. The Morgan fingerprint density at radius 1 is 0.323 bits per heavy atom. The summed E-state index contributed by atoms with van der Waals surface area (Å²) in [5.74, 6) is -0.930. The van der Waals surface area contributed by atoms with Gasteiger partial charge in [0.15, 0.2) is 6.10 Å². The van der Waals surface area contributed by atoms with Crippen LogP contribution in [0, 0.1) is 0 Å². The number of rotatable bonds is 48. The highest BCUT2D eigenvalue weighted by Gasteiger charge is 2.19.